The normalized spacial score (nSPS) is 16.9. The second-order valence-electron chi connectivity index (χ2n) is 6.65. The molecule has 1 aliphatic rings. The van der Waals surface area contributed by atoms with Crippen LogP contribution in [-0.2, 0) is 14.3 Å². The van der Waals surface area contributed by atoms with Crippen LogP contribution >= 0.6 is 11.6 Å². The molecule has 1 aliphatic heterocycles. The Morgan fingerprint density at radius 2 is 1.60 bits per heavy atom. The van der Waals surface area contributed by atoms with Gasteiger partial charge in [-0.2, -0.15) is 0 Å². The highest BCUT2D eigenvalue weighted by atomic mass is 35.5. The van der Waals surface area contributed by atoms with Crippen molar-refractivity contribution < 1.29 is 19.1 Å². The topological polar surface area (TPSA) is 55.8 Å². The molecule has 5 nitrogen and oxygen atoms in total. The summed E-state index contributed by atoms with van der Waals surface area (Å²) >= 11 is 5.52. The van der Waals surface area contributed by atoms with Crippen molar-refractivity contribution in [3.8, 4) is 0 Å². The van der Waals surface area contributed by atoms with Crippen LogP contribution in [0.2, 0.25) is 0 Å². The molecule has 0 aromatic rings. The SMILES string of the molecule is CCCCCCCCCCCOC(=O)C1CCCN1C(=O)OCCCl. The smallest absolute Gasteiger partial charge is 0.410 e. The Balaban J connectivity index is 2.08. The van der Waals surface area contributed by atoms with E-state index in [4.69, 9.17) is 21.1 Å². The lowest BCUT2D eigenvalue weighted by molar-refractivity contribution is -0.148. The highest BCUT2D eigenvalue weighted by Crippen LogP contribution is 2.20. The van der Waals surface area contributed by atoms with Gasteiger partial charge in [-0.25, -0.2) is 9.59 Å². The van der Waals surface area contributed by atoms with Crippen molar-refractivity contribution in [2.24, 2.45) is 0 Å². The summed E-state index contributed by atoms with van der Waals surface area (Å²) in [7, 11) is 0. The van der Waals surface area contributed by atoms with Crippen LogP contribution in [0.15, 0.2) is 0 Å². The van der Waals surface area contributed by atoms with E-state index in [1.807, 2.05) is 0 Å². The highest BCUT2D eigenvalue weighted by molar-refractivity contribution is 6.18. The Bertz CT molecular complexity index is 378. The maximum Gasteiger partial charge on any atom is 0.410 e. The third-order valence-electron chi connectivity index (χ3n) is 4.55. The number of esters is 1. The zero-order valence-corrected chi connectivity index (χ0v) is 16.4. The van der Waals surface area contributed by atoms with Crippen molar-refractivity contribution in [3.63, 3.8) is 0 Å². The fraction of sp³-hybridized carbons (Fsp3) is 0.895. The van der Waals surface area contributed by atoms with Gasteiger partial charge in [0.2, 0.25) is 0 Å². The van der Waals surface area contributed by atoms with Gasteiger partial charge in [-0.3, -0.25) is 4.90 Å². The molecule has 1 saturated heterocycles. The lowest BCUT2D eigenvalue weighted by atomic mass is 10.1. The van der Waals surface area contributed by atoms with E-state index in [9.17, 15) is 9.59 Å². The second-order valence-corrected chi connectivity index (χ2v) is 7.03. The minimum Gasteiger partial charge on any atom is -0.464 e. The van der Waals surface area contributed by atoms with E-state index in [-0.39, 0.29) is 18.5 Å². The summed E-state index contributed by atoms with van der Waals surface area (Å²) in [5.74, 6) is -0.0484. The summed E-state index contributed by atoms with van der Waals surface area (Å²) < 4.78 is 10.4. The fourth-order valence-corrected chi connectivity index (χ4v) is 3.20. The summed E-state index contributed by atoms with van der Waals surface area (Å²) in [6.07, 6.45) is 12.0. The van der Waals surface area contributed by atoms with Crippen LogP contribution in [0.3, 0.4) is 0 Å². The first-order valence-corrected chi connectivity index (χ1v) is 10.4. The fourth-order valence-electron chi connectivity index (χ4n) is 3.12. The molecule has 1 amide bonds. The number of hydrogen-bond donors (Lipinski definition) is 0. The molecule has 1 rings (SSSR count). The van der Waals surface area contributed by atoms with Gasteiger partial charge in [0.05, 0.1) is 12.5 Å². The van der Waals surface area contributed by atoms with Gasteiger partial charge in [0.25, 0.3) is 0 Å². The molecule has 0 radical (unpaired) electrons. The van der Waals surface area contributed by atoms with E-state index in [1.54, 1.807) is 0 Å². The number of unbranched alkanes of at least 4 members (excludes halogenated alkanes) is 8. The molecule has 0 aromatic carbocycles. The quantitative estimate of drug-likeness (QED) is 0.261. The molecule has 1 unspecified atom stereocenters. The summed E-state index contributed by atoms with van der Waals surface area (Å²) in [5, 5.41) is 0. The maximum absolute atomic E-state index is 12.2. The molecule has 0 spiro atoms. The van der Waals surface area contributed by atoms with Gasteiger partial charge in [-0.1, -0.05) is 58.3 Å². The van der Waals surface area contributed by atoms with E-state index in [0.717, 1.165) is 19.3 Å². The monoisotopic (exact) mass is 375 g/mol. The van der Waals surface area contributed by atoms with Gasteiger partial charge in [0, 0.05) is 6.54 Å². The van der Waals surface area contributed by atoms with Crippen molar-refractivity contribution in [2.45, 2.75) is 83.6 Å². The minimum absolute atomic E-state index is 0.164. The number of rotatable bonds is 13. The van der Waals surface area contributed by atoms with Gasteiger partial charge in [-0.15, -0.1) is 11.6 Å². The van der Waals surface area contributed by atoms with E-state index < -0.39 is 12.1 Å². The first-order valence-electron chi connectivity index (χ1n) is 9.86. The predicted molar refractivity (Wildman–Crippen MR) is 100.0 cm³/mol. The standard InChI is InChI=1S/C19H34ClNO4/c1-2-3-4-5-6-7-8-9-10-15-24-18(22)17-12-11-14-21(17)19(23)25-16-13-20/h17H,2-16H2,1H3. The molecule has 0 saturated carbocycles. The average molecular weight is 376 g/mol. The molecule has 1 heterocycles. The molecule has 1 atom stereocenters. The van der Waals surface area contributed by atoms with E-state index in [0.29, 0.717) is 19.6 Å². The number of carbonyl (C=O) groups is 2. The lowest BCUT2D eigenvalue weighted by Gasteiger charge is -2.22. The molecule has 0 N–H and O–H groups in total. The number of ether oxygens (including phenoxy) is 2. The molecular weight excluding hydrogens is 342 g/mol. The molecule has 0 aliphatic carbocycles. The summed E-state index contributed by atoms with van der Waals surface area (Å²) in [6, 6.07) is -0.499. The molecule has 6 heteroatoms. The number of likely N-dealkylation sites (tertiary alicyclic amines) is 1. The van der Waals surface area contributed by atoms with Gasteiger partial charge < -0.3 is 9.47 Å². The van der Waals surface area contributed by atoms with Crippen LogP contribution in [0.1, 0.15) is 77.6 Å². The molecular formula is C19H34ClNO4. The average Bonchev–Trinajstić information content (AvgIpc) is 3.11. The Morgan fingerprint density at radius 1 is 0.960 bits per heavy atom. The number of alkyl halides is 1. The predicted octanol–water partition coefficient (Wildman–Crippen LogP) is 4.90. The van der Waals surface area contributed by atoms with Crippen molar-refractivity contribution in [1.29, 1.82) is 0 Å². The largest absolute Gasteiger partial charge is 0.464 e. The number of carbonyl (C=O) groups excluding carboxylic acids is 2. The Hall–Kier alpha value is -0.970. The van der Waals surface area contributed by atoms with Crippen LogP contribution in [0, 0.1) is 0 Å². The summed E-state index contributed by atoms with van der Waals surface area (Å²) in [5.41, 5.74) is 0. The third-order valence-corrected chi connectivity index (χ3v) is 4.71. The van der Waals surface area contributed by atoms with E-state index in [2.05, 4.69) is 6.92 Å². The second kappa shape index (κ2) is 14.2. The zero-order chi connectivity index (χ0) is 18.3. The van der Waals surface area contributed by atoms with Crippen molar-refractivity contribution >= 4 is 23.7 Å². The van der Waals surface area contributed by atoms with Crippen LogP contribution in [-0.4, -0.2) is 48.6 Å². The molecule has 146 valence electrons. The van der Waals surface area contributed by atoms with Gasteiger partial charge in [0.1, 0.15) is 12.6 Å². The first-order chi connectivity index (χ1) is 12.2. The van der Waals surface area contributed by atoms with Crippen molar-refractivity contribution in [1.82, 2.24) is 4.90 Å². The van der Waals surface area contributed by atoms with E-state index in [1.165, 1.54) is 49.8 Å². The molecule has 1 fully saturated rings. The first kappa shape index (κ1) is 22.1. The third kappa shape index (κ3) is 9.34. The van der Waals surface area contributed by atoms with Gasteiger partial charge in [0.15, 0.2) is 0 Å². The molecule has 25 heavy (non-hydrogen) atoms. The Kier molecular flexibility index (Phi) is 12.6. The van der Waals surface area contributed by atoms with E-state index >= 15 is 0 Å². The summed E-state index contributed by atoms with van der Waals surface area (Å²) in [4.78, 5) is 25.5. The molecule has 0 aromatic heterocycles. The van der Waals surface area contributed by atoms with Gasteiger partial charge in [-0.05, 0) is 19.3 Å². The number of hydrogen-bond acceptors (Lipinski definition) is 4. The summed E-state index contributed by atoms with van der Waals surface area (Å²) in [6.45, 7) is 3.38. The number of amides is 1. The van der Waals surface area contributed by atoms with Crippen LogP contribution in [0.4, 0.5) is 4.79 Å². The molecule has 0 bridgehead atoms. The minimum atomic E-state index is -0.499. The Labute approximate surface area is 157 Å². The lowest BCUT2D eigenvalue weighted by Crippen LogP contribution is -2.42. The van der Waals surface area contributed by atoms with Gasteiger partial charge >= 0.3 is 12.1 Å². The number of halogens is 1. The maximum atomic E-state index is 12.2. The van der Waals surface area contributed by atoms with Crippen LogP contribution < -0.4 is 0 Å². The number of nitrogens with zero attached hydrogens (tertiary/aromatic N) is 1. The zero-order valence-electron chi connectivity index (χ0n) is 15.6. The van der Waals surface area contributed by atoms with Crippen LogP contribution in [0.5, 0.6) is 0 Å². The Morgan fingerprint density at radius 3 is 2.24 bits per heavy atom. The van der Waals surface area contributed by atoms with Crippen LogP contribution in [0.25, 0.3) is 0 Å². The van der Waals surface area contributed by atoms with Crippen molar-refractivity contribution in [2.75, 3.05) is 25.6 Å². The van der Waals surface area contributed by atoms with Crippen molar-refractivity contribution in [3.05, 3.63) is 0 Å². The highest BCUT2D eigenvalue weighted by Gasteiger charge is 2.36.